The number of nitrogens with one attached hydrogen (secondary N) is 1. The van der Waals surface area contributed by atoms with E-state index in [1.54, 1.807) is 20.8 Å². The van der Waals surface area contributed by atoms with Crippen molar-refractivity contribution in [2.45, 2.75) is 20.8 Å². The van der Waals surface area contributed by atoms with Crippen LogP contribution in [0.15, 0.2) is 10.9 Å². The minimum absolute atomic E-state index is 0.0874. The van der Waals surface area contributed by atoms with E-state index in [-0.39, 0.29) is 17.0 Å². The van der Waals surface area contributed by atoms with Crippen LogP contribution in [-0.4, -0.2) is 15.0 Å². The monoisotopic (exact) mass is 248 g/mol. The fourth-order valence-corrected chi connectivity index (χ4v) is 2.14. The van der Waals surface area contributed by atoms with Gasteiger partial charge in [-0.15, -0.1) is 0 Å². The Hall–Kier alpha value is -2.37. The van der Waals surface area contributed by atoms with Crippen molar-refractivity contribution in [3.8, 4) is 5.88 Å². The zero-order valence-corrected chi connectivity index (χ0v) is 10.2. The van der Waals surface area contributed by atoms with Crippen LogP contribution in [-0.2, 0) is 0 Å². The smallest absolute Gasteiger partial charge is 0.273 e. The molecule has 1 aromatic carbocycles. The Morgan fingerprint density at radius 3 is 2.39 bits per heavy atom. The van der Waals surface area contributed by atoms with Crippen molar-refractivity contribution in [2.24, 2.45) is 0 Å². The highest BCUT2D eigenvalue weighted by Gasteiger charge is 2.19. The number of nitro benzene ring substituents is 1. The number of aromatic hydroxyl groups is 1. The molecule has 0 amide bonds. The van der Waals surface area contributed by atoms with Crippen LogP contribution in [0.3, 0.4) is 0 Å². The minimum atomic E-state index is -0.528. The number of nitro groups is 1. The van der Waals surface area contributed by atoms with Crippen LogP contribution >= 0.6 is 0 Å². The highest BCUT2D eigenvalue weighted by Crippen LogP contribution is 2.31. The molecule has 1 heterocycles. The fraction of sp³-hybridized carbons (Fsp3) is 0.250. The quantitative estimate of drug-likeness (QED) is 0.596. The summed E-state index contributed by atoms with van der Waals surface area (Å²) in [4.78, 5) is 24.4. The second kappa shape index (κ2) is 3.83. The molecule has 0 radical (unpaired) electrons. The van der Waals surface area contributed by atoms with Gasteiger partial charge < -0.3 is 5.11 Å². The van der Waals surface area contributed by atoms with E-state index >= 15 is 0 Å². The van der Waals surface area contributed by atoms with Gasteiger partial charge >= 0.3 is 0 Å². The summed E-state index contributed by atoms with van der Waals surface area (Å²) in [6.07, 6.45) is 0. The van der Waals surface area contributed by atoms with Gasteiger partial charge in [-0.25, -0.2) is 0 Å². The van der Waals surface area contributed by atoms with E-state index in [0.717, 1.165) is 0 Å². The van der Waals surface area contributed by atoms with Crippen LogP contribution in [0.1, 0.15) is 16.7 Å². The van der Waals surface area contributed by atoms with Gasteiger partial charge in [-0.3, -0.25) is 19.9 Å². The zero-order chi connectivity index (χ0) is 13.6. The molecular weight excluding hydrogens is 236 g/mol. The molecule has 1 aromatic heterocycles. The summed E-state index contributed by atoms with van der Waals surface area (Å²) in [5, 5.41) is 21.3. The normalized spacial score (nSPS) is 10.8. The first kappa shape index (κ1) is 12.1. The molecule has 6 heteroatoms. The average molecular weight is 248 g/mol. The van der Waals surface area contributed by atoms with Crippen molar-refractivity contribution in [3.05, 3.63) is 43.2 Å². The number of benzene rings is 1. The lowest BCUT2D eigenvalue weighted by atomic mass is 9.97. The fourth-order valence-electron chi connectivity index (χ4n) is 2.14. The van der Waals surface area contributed by atoms with E-state index in [1.807, 2.05) is 0 Å². The molecule has 0 saturated carbocycles. The molecule has 0 spiro atoms. The van der Waals surface area contributed by atoms with Gasteiger partial charge in [-0.2, -0.15) is 0 Å². The Morgan fingerprint density at radius 2 is 1.83 bits per heavy atom. The van der Waals surface area contributed by atoms with Crippen molar-refractivity contribution in [3.63, 3.8) is 0 Å². The number of aromatic nitrogens is 1. The second-order valence-corrected chi connectivity index (χ2v) is 4.25. The van der Waals surface area contributed by atoms with Crippen molar-refractivity contribution < 1.29 is 10.0 Å². The molecule has 0 bridgehead atoms. The van der Waals surface area contributed by atoms with Crippen molar-refractivity contribution in [1.29, 1.82) is 0 Å². The molecule has 0 atom stereocenters. The van der Waals surface area contributed by atoms with E-state index in [1.165, 1.54) is 6.07 Å². The van der Waals surface area contributed by atoms with Crippen molar-refractivity contribution >= 4 is 16.5 Å². The van der Waals surface area contributed by atoms with Gasteiger partial charge in [0.2, 0.25) is 0 Å². The molecule has 2 N–H and O–H groups in total. The third-order valence-electron chi connectivity index (χ3n) is 3.28. The summed E-state index contributed by atoms with van der Waals surface area (Å²) in [7, 11) is 0. The van der Waals surface area contributed by atoms with Crippen LogP contribution in [0, 0.1) is 30.9 Å². The first-order valence-electron chi connectivity index (χ1n) is 5.34. The van der Waals surface area contributed by atoms with Crippen molar-refractivity contribution in [2.75, 3.05) is 0 Å². The first-order chi connectivity index (χ1) is 8.34. The van der Waals surface area contributed by atoms with Gasteiger partial charge in [0.05, 0.1) is 10.3 Å². The predicted octanol–water partition coefficient (Wildman–Crippen LogP) is 2.07. The Kier molecular flexibility index (Phi) is 2.58. The number of hydrogen-bond donors (Lipinski definition) is 2. The Labute approximate surface area is 102 Å². The molecule has 6 nitrogen and oxygen atoms in total. The van der Waals surface area contributed by atoms with Crippen LogP contribution in [0.5, 0.6) is 5.88 Å². The van der Waals surface area contributed by atoms with Gasteiger partial charge in [0.25, 0.3) is 11.2 Å². The third-order valence-corrected chi connectivity index (χ3v) is 3.28. The molecule has 0 unspecified atom stereocenters. The lowest BCUT2D eigenvalue weighted by Crippen LogP contribution is -2.09. The van der Waals surface area contributed by atoms with Crippen LogP contribution < -0.4 is 5.56 Å². The van der Waals surface area contributed by atoms with Crippen LogP contribution in [0.25, 0.3) is 10.8 Å². The number of aromatic amines is 1. The molecule has 0 aliphatic heterocycles. The zero-order valence-electron chi connectivity index (χ0n) is 10.2. The Morgan fingerprint density at radius 1 is 1.22 bits per heavy atom. The van der Waals surface area contributed by atoms with E-state index in [0.29, 0.717) is 22.1 Å². The maximum absolute atomic E-state index is 11.8. The number of H-pyrrole nitrogens is 1. The van der Waals surface area contributed by atoms with Crippen molar-refractivity contribution in [1.82, 2.24) is 4.98 Å². The largest absolute Gasteiger partial charge is 0.494 e. The van der Waals surface area contributed by atoms with E-state index in [9.17, 15) is 20.0 Å². The number of nitrogens with zero attached hydrogens (tertiary/aromatic N) is 1. The molecule has 2 aromatic rings. The first-order valence-corrected chi connectivity index (χ1v) is 5.34. The molecule has 94 valence electrons. The summed E-state index contributed by atoms with van der Waals surface area (Å²) < 4.78 is 0. The van der Waals surface area contributed by atoms with E-state index < -0.39 is 10.5 Å². The topological polar surface area (TPSA) is 96.2 Å². The highest BCUT2D eigenvalue weighted by molar-refractivity contribution is 5.92. The number of pyridine rings is 1. The lowest BCUT2D eigenvalue weighted by Gasteiger charge is -2.10. The Bertz CT molecular complexity index is 731. The number of rotatable bonds is 1. The predicted molar refractivity (Wildman–Crippen MR) is 67.1 cm³/mol. The van der Waals surface area contributed by atoms with Gasteiger partial charge in [-0.1, -0.05) is 0 Å². The SMILES string of the molecule is Cc1c([N+](=O)[O-])cc2c(=O)[nH]c(O)c(C)c2c1C. The Balaban J connectivity index is 3.09. The molecule has 0 aliphatic rings. The highest BCUT2D eigenvalue weighted by atomic mass is 16.6. The molecule has 0 aliphatic carbocycles. The molecule has 2 rings (SSSR count). The summed E-state index contributed by atoms with van der Waals surface area (Å²) >= 11 is 0. The van der Waals surface area contributed by atoms with Gasteiger partial charge in [0.1, 0.15) is 0 Å². The standard InChI is InChI=1S/C12H12N2O4/c1-5-6(2)10-7(3)11(15)13-12(16)8(10)4-9(5)14(17)18/h4H,1-3H3,(H2,13,15,16). The summed E-state index contributed by atoms with van der Waals surface area (Å²) in [5.74, 6) is -0.205. The maximum Gasteiger partial charge on any atom is 0.273 e. The van der Waals surface area contributed by atoms with Gasteiger partial charge in [0.15, 0.2) is 5.88 Å². The summed E-state index contributed by atoms with van der Waals surface area (Å²) in [6, 6.07) is 1.25. The number of aryl methyl sites for hydroxylation is 2. The van der Waals surface area contributed by atoms with E-state index in [4.69, 9.17) is 0 Å². The van der Waals surface area contributed by atoms with Gasteiger partial charge in [-0.05, 0) is 31.7 Å². The average Bonchev–Trinajstić information content (AvgIpc) is 2.29. The molecule has 0 saturated heterocycles. The minimum Gasteiger partial charge on any atom is -0.494 e. The van der Waals surface area contributed by atoms with Crippen LogP contribution in [0.2, 0.25) is 0 Å². The third kappa shape index (κ3) is 1.54. The summed E-state index contributed by atoms with van der Waals surface area (Å²) in [5.41, 5.74) is 1.04. The molecular formula is C12H12N2O4. The van der Waals surface area contributed by atoms with Crippen LogP contribution in [0.4, 0.5) is 5.69 Å². The van der Waals surface area contributed by atoms with E-state index in [2.05, 4.69) is 4.98 Å². The number of hydrogen-bond acceptors (Lipinski definition) is 4. The second-order valence-electron chi connectivity index (χ2n) is 4.25. The number of fused-ring (bicyclic) bond motifs is 1. The molecule has 18 heavy (non-hydrogen) atoms. The molecule has 0 fully saturated rings. The summed E-state index contributed by atoms with van der Waals surface area (Å²) in [6.45, 7) is 4.99. The lowest BCUT2D eigenvalue weighted by molar-refractivity contribution is -0.385. The van der Waals surface area contributed by atoms with Gasteiger partial charge in [0, 0.05) is 17.2 Å². The maximum atomic E-state index is 11.8.